The molecule has 9 heteroatoms. The second-order valence-electron chi connectivity index (χ2n) is 5.61. The molecule has 3 rings (SSSR count). The summed E-state index contributed by atoms with van der Waals surface area (Å²) >= 11 is 0. The van der Waals surface area contributed by atoms with Crippen LogP contribution in [0.2, 0.25) is 0 Å². The number of primary amides is 1. The zero-order valence-electron chi connectivity index (χ0n) is 14.0. The van der Waals surface area contributed by atoms with Crippen molar-refractivity contribution in [2.75, 3.05) is 0 Å². The minimum Gasteiger partial charge on any atom is -0.363 e. The molecule has 0 spiro atoms. The maximum absolute atomic E-state index is 12.6. The first-order chi connectivity index (χ1) is 13.1. The molecule has 0 saturated carbocycles. The maximum Gasteiger partial charge on any atom is 0.291 e. The number of aromatic nitrogens is 3. The third-order valence-electron chi connectivity index (χ3n) is 3.78. The fourth-order valence-corrected chi connectivity index (χ4v) is 2.49. The average molecular weight is 365 g/mol. The zero-order chi connectivity index (χ0) is 19.2. The van der Waals surface area contributed by atoms with Crippen LogP contribution in [0.4, 0.5) is 0 Å². The second kappa shape index (κ2) is 8.00. The normalized spacial score (nSPS) is 11.6. The van der Waals surface area contributed by atoms with Gasteiger partial charge in [-0.3, -0.25) is 14.4 Å². The Morgan fingerprint density at radius 3 is 2.59 bits per heavy atom. The number of nitrogens with zero attached hydrogens (tertiary/aromatic N) is 3. The maximum atomic E-state index is 12.6. The molecule has 3 N–H and O–H groups in total. The van der Waals surface area contributed by atoms with Crippen molar-refractivity contribution in [3.05, 3.63) is 66.4 Å². The number of rotatable bonds is 7. The Hall–Kier alpha value is -3.88. The van der Waals surface area contributed by atoms with Crippen LogP contribution in [0.3, 0.4) is 0 Å². The quantitative estimate of drug-likeness (QED) is 0.582. The van der Waals surface area contributed by atoms with Crippen molar-refractivity contribution < 1.29 is 18.9 Å². The molecule has 0 radical (unpaired) electrons. The van der Waals surface area contributed by atoms with Gasteiger partial charge in [-0.2, -0.15) is 0 Å². The van der Waals surface area contributed by atoms with Gasteiger partial charge in [-0.1, -0.05) is 35.5 Å². The first kappa shape index (κ1) is 17.9. The number of carbonyl (C=O) groups excluding carboxylic acids is 3. The standard InChI is InChI=1S/C18H15N5O4/c19-17(25)15(24)14(8-11-4-2-1-3-5-11)23-18(26)16-12(9-22-27-16)13-6-7-20-10-21-13/h1-7,9-10,14H,8H2,(H2,19,25)(H,23,26). The third kappa shape index (κ3) is 4.21. The Labute approximate surface area is 153 Å². The van der Waals surface area contributed by atoms with E-state index in [9.17, 15) is 14.4 Å². The molecule has 1 aromatic carbocycles. The van der Waals surface area contributed by atoms with Crippen molar-refractivity contribution in [2.45, 2.75) is 12.5 Å². The molecule has 1 atom stereocenters. The summed E-state index contributed by atoms with van der Waals surface area (Å²) in [4.78, 5) is 44.0. The zero-order valence-corrected chi connectivity index (χ0v) is 14.0. The Kier molecular flexibility index (Phi) is 5.31. The summed E-state index contributed by atoms with van der Waals surface area (Å²) < 4.78 is 5.02. The number of amides is 2. The van der Waals surface area contributed by atoms with Crippen LogP contribution in [0, 0.1) is 0 Å². The molecular formula is C18H15N5O4. The van der Waals surface area contributed by atoms with Crippen LogP contribution >= 0.6 is 0 Å². The SMILES string of the molecule is NC(=O)C(=O)C(Cc1ccccc1)NC(=O)c1oncc1-c1ccncn1. The number of benzene rings is 1. The van der Waals surface area contributed by atoms with Crippen LogP contribution in [-0.2, 0) is 16.0 Å². The molecule has 27 heavy (non-hydrogen) atoms. The second-order valence-corrected chi connectivity index (χ2v) is 5.61. The predicted molar refractivity (Wildman–Crippen MR) is 93.1 cm³/mol. The minimum atomic E-state index is -1.14. The van der Waals surface area contributed by atoms with Gasteiger partial charge in [-0.15, -0.1) is 0 Å². The van der Waals surface area contributed by atoms with E-state index in [0.29, 0.717) is 11.3 Å². The lowest BCUT2D eigenvalue weighted by molar-refractivity contribution is -0.137. The first-order valence-corrected chi connectivity index (χ1v) is 7.95. The summed E-state index contributed by atoms with van der Waals surface area (Å²) in [7, 11) is 0. The summed E-state index contributed by atoms with van der Waals surface area (Å²) in [6.07, 6.45) is 4.26. The van der Waals surface area contributed by atoms with Gasteiger partial charge in [0.15, 0.2) is 0 Å². The lowest BCUT2D eigenvalue weighted by Gasteiger charge is -2.15. The third-order valence-corrected chi connectivity index (χ3v) is 3.78. The van der Waals surface area contributed by atoms with E-state index in [4.69, 9.17) is 10.3 Å². The van der Waals surface area contributed by atoms with Crippen LogP contribution in [0.5, 0.6) is 0 Å². The topological polar surface area (TPSA) is 141 Å². The van der Waals surface area contributed by atoms with Gasteiger partial charge in [-0.05, 0) is 11.6 Å². The highest BCUT2D eigenvalue weighted by molar-refractivity contribution is 6.38. The van der Waals surface area contributed by atoms with E-state index in [1.54, 1.807) is 30.3 Å². The Morgan fingerprint density at radius 1 is 1.15 bits per heavy atom. The molecule has 0 aliphatic rings. The van der Waals surface area contributed by atoms with E-state index in [2.05, 4.69) is 20.4 Å². The molecule has 2 amide bonds. The number of Topliss-reactive ketones (excluding diaryl/α,β-unsaturated/α-hetero) is 1. The van der Waals surface area contributed by atoms with Gasteiger partial charge < -0.3 is 15.6 Å². The number of hydrogen-bond donors (Lipinski definition) is 2. The molecule has 0 aliphatic carbocycles. The van der Waals surface area contributed by atoms with E-state index >= 15 is 0 Å². The lowest BCUT2D eigenvalue weighted by Crippen LogP contribution is -2.47. The van der Waals surface area contributed by atoms with E-state index in [0.717, 1.165) is 5.56 Å². The summed E-state index contributed by atoms with van der Waals surface area (Å²) in [5.74, 6) is -2.89. The summed E-state index contributed by atoms with van der Waals surface area (Å²) in [6.45, 7) is 0. The van der Waals surface area contributed by atoms with Crippen LogP contribution in [-0.4, -0.2) is 38.8 Å². The fourth-order valence-electron chi connectivity index (χ4n) is 2.49. The smallest absolute Gasteiger partial charge is 0.291 e. The molecule has 0 bridgehead atoms. The number of hydrogen-bond acceptors (Lipinski definition) is 7. The van der Waals surface area contributed by atoms with Crippen molar-refractivity contribution in [1.82, 2.24) is 20.4 Å². The number of ketones is 1. The Bertz CT molecular complexity index is 956. The minimum absolute atomic E-state index is 0.103. The van der Waals surface area contributed by atoms with Crippen LogP contribution < -0.4 is 11.1 Å². The largest absolute Gasteiger partial charge is 0.363 e. The molecular weight excluding hydrogens is 350 g/mol. The van der Waals surface area contributed by atoms with Gasteiger partial charge in [0.05, 0.1) is 17.5 Å². The molecule has 9 nitrogen and oxygen atoms in total. The molecule has 3 aromatic rings. The van der Waals surface area contributed by atoms with Gasteiger partial charge in [-0.25, -0.2) is 9.97 Å². The van der Waals surface area contributed by atoms with Gasteiger partial charge >= 0.3 is 0 Å². The first-order valence-electron chi connectivity index (χ1n) is 7.95. The highest BCUT2D eigenvalue weighted by Gasteiger charge is 2.28. The molecule has 2 aromatic heterocycles. The van der Waals surface area contributed by atoms with E-state index in [1.807, 2.05) is 6.07 Å². The van der Waals surface area contributed by atoms with Crippen LogP contribution in [0.15, 0.2) is 59.6 Å². The highest BCUT2D eigenvalue weighted by atomic mass is 16.5. The van der Waals surface area contributed by atoms with Crippen molar-refractivity contribution in [2.24, 2.45) is 5.73 Å². The summed E-state index contributed by atoms with van der Waals surface area (Å²) in [5.41, 5.74) is 6.63. The highest BCUT2D eigenvalue weighted by Crippen LogP contribution is 2.21. The van der Waals surface area contributed by atoms with Gasteiger partial charge in [0.25, 0.3) is 11.8 Å². The average Bonchev–Trinajstić information content (AvgIpc) is 3.18. The van der Waals surface area contributed by atoms with E-state index in [-0.39, 0.29) is 12.2 Å². The predicted octanol–water partition coefficient (Wildman–Crippen LogP) is 0.527. The fraction of sp³-hybridized carbons (Fsp3) is 0.111. The van der Waals surface area contributed by atoms with Gasteiger partial charge in [0.2, 0.25) is 11.5 Å². The van der Waals surface area contributed by atoms with Crippen molar-refractivity contribution in [1.29, 1.82) is 0 Å². The van der Waals surface area contributed by atoms with Crippen molar-refractivity contribution in [3.63, 3.8) is 0 Å². The van der Waals surface area contributed by atoms with Gasteiger partial charge in [0.1, 0.15) is 12.4 Å². The van der Waals surface area contributed by atoms with Gasteiger partial charge in [0, 0.05) is 12.6 Å². The Balaban J connectivity index is 1.84. The lowest BCUT2D eigenvalue weighted by atomic mass is 10.0. The summed E-state index contributed by atoms with van der Waals surface area (Å²) in [5, 5.41) is 6.11. The monoisotopic (exact) mass is 365 g/mol. The molecule has 0 fully saturated rings. The molecule has 1 unspecified atom stereocenters. The van der Waals surface area contributed by atoms with E-state index < -0.39 is 23.6 Å². The van der Waals surface area contributed by atoms with Crippen molar-refractivity contribution in [3.8, 4) is 11.3 Å². The number of carbonyl (C=O) groups is 3. The Morgan fingerprint density at radius 2 is 1.93 bits per heavy atom. The van der Waals surface area contributed by atoms with Crippen LogP contribution in [0.25, 0.3) is 11.3 Å². The van der Waals surface area contributed by atoms with Crippen molar-refractivity contribution >= 4 is 17.6 Å². The summed E-state index contributed by atoms with van der Waals surface area (Å²) in [6, 6.07) is 9.37. The number of nitrogens with two attached hydrogens (primary N) is 1. The van der Waals surface area contributed by atoms with Crippen LogP contribution in [0.1, 0.15) is 16.1 Å². The number of nitrogens with one attached hydrogen (secondary N) is 1. The van der Waals surface area contributed by atoms with E-state index in [1.165, 1.54) is 18.7 Å². The molecule has 0 aliphatic heterocycles. The molecule has 136 valence electrons. The molecule has 0 saturated heterocycles. The molecule has 2 heterocycles.